The summed E-state index contributed by atoms with van der Waals surface area (Å²) in [5, 5.41) is 22.9. The van der Waals surface area contributed by atoms with Gasteiger partial charge in [0.05, 0.1) is 37.5 Å². The lowest BCUT2D eigenvalue weighted by atomic mass is 10.1. The third kappa shape index (κ3) is 3.08. The van der Waals surface area contributed by atoms with Crippen LogP contribution in [0.5, 0.6) is 0 Å². The summed E-state index contributed by atoms with van der Waals surface area (Å²) in [5.74, 6) is 0. The molecule has 4 aromatic rings. The predicted octanol–water partition coefficient (Wildman–Crippen LogP) is 4.05. The number of aromatic nitrogens is 2. The van der Waals surface area contributed by atoms with Gasteiger partial charge in [0.1, 0.15) is 0 Å². The van der Waals surface area contributed by atoms with Crippen LogP contribution in [0.3, 0.4) is 0 Å². The molecule has 0 aliphatic rings. The fraction of sp³-hybridized carbons (Fsp3) is 0.100. The molecular formula is C20H14N4O5. The highest BCUT2D eigenvalue weighted by Gasteiger charge is 2.16. The van der Waals surface area contributed by atoms with Crippen molar-refractivity contribution in [3.63, 3.8) is 0 Å². The molecule has 9 heteroatoms. The molecule has 29 heavy (non-hydrogen) atoms. The Labute approximate surface area is 163 Å². The molecule has 2 heterocycles. The Hall–Kier alpha value is -4.14. The van der Waals surface area contributed by atoms with Crippen LogP contribution in [0, 0.1) is 20.2 Å². The van der Waals surface area contributed by atoms with Gasteiger partial charge in [-0.2, -0.15) is 0 Å². The Morgan fingerprint density at radius 2 is 1.66 bits per heavy atom. The number of benzene rings is 2. The predicted molar refractivity (Wildman–Crippen MR) is 108 cm³/mol. The van der Waals surface area contributed by atoms with Crippen molar-refractivity contribution in [2.24, 2.45) is 0 Å². The van der Waals surface area contributed by atoms with Gasteiger partial charge >= 0.3 is 0 Å². The molecular weight excluding hydrogens is 376 g/mol. The summed E-state index contributed by atoms with van der Waals surface area (Å²) < 4.78 is 1.83. The van der Waals surface area contributed by atoms with E-state index in [0.29, 0.717) is 34.2 Å². The summed E-state index contributed by atoms with van der Waals surface area (Å²) in [6.07, 6.45) is 1.68. The fourth-order valence-electron chi connectivity index (χ4n) is 3.32. The van der Waals surface area contributed by atoms with Gasteiger partial charge in [-0.1, -0.05) is 6.07 Å². The van der Waals surface area contributed by atoms with Crippen molar-refractivity contribution in [1.82, 2.24) is 9.55 Å². The minimum Gasteiger partial charge on any atom is -0.347 e. The Balaban J connectivity index is 1.96. The second-order valence-corrected chi connectivity index (χ2v) is 6.45. The molecule has 9 nitrogen and oxygen atoms in total. The number of aryl methyl sites for hydroxylation is 1. The molecule has 0 radical (unpaired) electrons. The molecule has 4 rings (SSSR count). The first-order chi connectivity index (χ1) is 13.9. The second-order valence-electron chi connectivity index (χ2n) is 6.45. The number of hydrogen-bond donors (Lipinski definition) is 0. The average Bonchev–Trinajstić information content (AvgIpc) is 2.73. The summed E-state index contributed by atoms with van der Waals surface area (Å²) >= 11 is 0. The van der Waals surface area contributed by atoms with Gasteiger partial charge in [-0.15, -0.1) is 0 Å². The highest BCUT2D eigenvalue weighted by molar-refractivity contribution is 5.87. The Morgan fingerprint density at radius 1 is 0.966 bits per heavy atom. The van der Waals surface area contributed by atoms with E-state index in [2.05, 4.69) is 4.98 Å². The highest BCUT2D eigenvalue weighted by atomic mass is 16.6. The Morgan fingerprint density at radius 3 is 2.34 bits per heavy atom. The average molecular weight is 390 g/mol. The van der Waals surface area contributed by atoms with Gasteiger partial charge in [-0.25, -0.2) is 4.98 Å². The zero-order chi connectivity index (χ0) is 20.7. The first kappa shape index (κ1) is 18.2. The smallest absolute Gasteiger partial charge is 0.270 e. The van der Waals surface area contributed by atoms with Crippen LogP contribution in [0.25, 0.3) is 33.1 Å². The van der Waals surface area contributed by atoms with E-state index < -0.39 is 9.85 Å². The molecule has 0 unspecified atom stereocenters. The normalized spacial score (nSPS) is 11.1. The van der Waals surface area contributed by atoms with Gasteiger partial charge in [0.2, 0.25) is 0 Å². The van der Waals surface area contributed by atoms with Crippen LogP contribution in [0.4, 0.5) is 11.4 Å². The van der Waals surface area contributed by atoms with Crippen LogP contribution >= 0.6 is 0 Å². The molecule has 0 amide bonds. The van der Waals surface area contributed by atoms with Gasteiger partial charge in [0.15, 0.2) is 5.43 Å². The van der Waals surface area contributed by atoms with Crippen LogP contribution in [-0.2, 0) is 6.54 Å². The van der Waals surface area contributed by atoms with E-state index in [-0.39, 0.29) is 22.2 Å². The van der Waals surface area contributed by atoms with Gasteiger partial charge in [-0.05, 0) is 25.1 Å². The lowest BCUT2D eigenvalue weighted by Gasteiger charge is -2.11. The number of nitrogens with zero attached hydrogens (tertiary/aromatic N) is 4. The van der Waals surface area contributed by atoms with E-state index in [1.807, 2.05) is 11.5 Å². The number of rotatable bonds is 4. The van der Waals surface area contributed by atoms with Crippen LogP contribution in [0.1, 0.15) is 6.92 Å². The van der Waals surface area contributed by atoms with E-state index in [1.54, 1.807) is 24.4 Å². The molecule has 0 atom stereocenters. The molecule has 0 N–H and O–H groups in total. The van der Waals surface area contributed by atoms with Crippen molar-refractivity contribution in [2.45, 2.75) is 13.5 Å². The maximum atomic E-state index is 13.1. The van der Waals surface area contributed by atoms with Gasteiger partial charge in [0.25, 0.3) is 11.4 Å². The molecule has 2 aromatic heterocycles. The Kier molecular flexibility index (Phi) is 4.27. The largest absolute Gasteiger partial charge is 0.347 e. The number of hydrogen-bond acceptors (Lipinski definition) is 6. The summed E-state index contributed by atoms with van der Waals surface area (Å²) in [4.78, 5) is 38.6. The Bertz CT molecular complexity index is 1380. The van der Waals surface area contributed by atoms with Crippen molar-refractivity contribution in [2.75, 3.05) is 0 Å². The summed E-state index contributed by atoms with van der Waals surface area (Å²) in [6.45, 7) is 2.46. The topological polar surface area (TPSA) is 121 Å². The van der Waals surface area contributed by atoms with Gasteiger partial charge in [-0.3, -0.25) is 25.0 Å². The van der Waals surface area contributed by atoms with Crippen LogP contribution < -0.4 is 5.43 Å². The minimum absolute atomic E-state index is 0.0431. The maximum absolute atomic E-state index is 13.1. The van der Waals surface area contributed by atoms with Crippen molar-refractivity contribution < 1.29 is 9.85 Å². The van der Waals surface area contributed by atoms with E-state index in [0.717, 1.165) is 0 Å². The molecule has 0 fully saturated rings. The number of nitro benzene ring substituents is 2. The molecule has 0 spiro atoms. The maximum Gasteiger partial charge on any atom is 0.270 e. The second kappa shape index (κ2) is 6.79. The zero-order valence-corrected chi connectivity index (χ0v) is 15.2. The van der Waals surface area contributed by atoms with E-state index in [1.165, 1.54) is 30.3 Å². The monoisotopic (exact) mass is 390 g/mol. The molecule has 0 aliphatic carbocycles. The molecule has 144 valence electrons. The van der Waals surface area contributed by atoms with E-state index >= 15 is 0 Å². The van der Waals surface area contributed by atoms with Crippen molar-refractivity contribution in [3.8, 4) is 11.3 Å². The summed E-state index contributed by atoms with van der Waals surface area (Å²) in [6, 6.07) is 11.8. The molecule has 0 bridgehead atoms. The lowest BCUT2D eigenvalue weighted by Crippen LogP contribution is -2.12. The third-order valence-corrected chi connectivity index (χ3v) is 4.77. The molecule has 0 saturated carbocycles. The van der Waals surface area contributed by atoms with E-state index in [4.69, 9.17) is 0 Å². The highest BCUT2D eigenvalue weighted by Crippen LogP contribution is 2.25. The van der Waals surface area contributed by atoms with Crippen LogP contribution in [0.15, 0.2) is 59.5 Å². The first-order valence-corrected chi connectivity index (χ1v) is 8.76. The summed E-state index contributed by atoms with van der Waals surface area (Å²) in [7, 11) is 0. The number of nitro groups is 2. The lowest BCUT2D eigenvalue weighted by molar-refractivity contribution is -0.384. The standard InChI is InChI=1S/C20H14N4O5/c1-2-22-11-16(20(25)15-10-14(24(28)29)5-8-19(15)22)18-6-3-12-9-13(23(26)27)4-7-17(12)21-18/h3-11H,2H2,1H3. The molecule has 2 aromatic carbocycles. The van der Waals surface area contributed by atoms with Gasteiger partial charge < -0.3 is 4.57 Å². The SMILES string of the molecule is CCn1cc(-c2ccc3cc([N+](=O)[O-])ccc3n2)c(=O)c2cc([N+](=O)[O-])ccc21. The van der Waals surface area contributed by atoms with Crippen molar-refractivity contribution >= 4 is 33.2 Å². The van der Waals surface area contributed by atoms with Crippen molar-refractivity contribution in [1.29, 1.82) is 0 Å². The molecule has 0 saturated heterocycles. The zero-order valence-electron chi connectivity index (χ0n) is 15.2. The number of non-ortho nitro benzene ring substituents is 2. The number of fused-ring (bicyclic) bond motifs is 2. The van der Waals surface area contributed by atoms with Crippen molar-refractivity contribution in [3.05, 3.63) is 85.2 Å². The first-order valence-electron chi connectivity index (χ1n) is 8.76. The summed E-state index contributed by atoms with van der Waals surface area (Å²) in [5.41, 5.74) is 1.25. The van der Waals surface area contributed by atoms with Crippen LogP contribution in [-0.4, -0.2) is 19.4 Å². The van der Waals surface area contributed by atoms with Crippen LogP contribution in [0.2, 0.25) is 0 Å². The fourth-order valence-corrected chi connectivity index (χ4v) is 3.32. The third-order valence-electron chi connectivity index (χ3n) is 4.77. The minimum atomic E-state index is -0.539. The quantitative estimate of drug-likeness (QED) is 0.383. The number of pyridine rings is 2. The van der Waals surface area contributed by atoms with E-state index in [9.17, 15) is 25.0 Å². The van der Waals surface area contributed by atoms with Gasteiger partial charge in [0, 0.05) is 42.4 Å². The molecule has 0 aliphatic heterocycles.